The van der Waals surface area contributed by atoms with Crippen molar-refractivity contribution < 1.29 is 14.4 Å². The summed E-state index contributed by atoms with van der Waals surface area (Å²) in [6.07, 6.45) is 0. The Morgan fingerprint density at radius 3 is 2.61 bits per heavy atom. The van der Waals surface area contributed by atoms with Crippen molar-refractivity contribution in [2.45, 2.75) is 18.9 Å². The Morgan fingerprint density at radius 2 is 1.87 bits per heavy atom. The van der Waals surface area contributed by atoms with E-state index in [1.54, 1.807) is 4.90 Å². The lowest BCUT2D eigenvalue weighted by Crippen LogP contribution is -2.47. The number of aromatic amines is 1. The van der Waals surface area contributed by atoms with Crippen molar-refractivity contribution in [1.29, 1.82) is 0 Å². The molecule has 0 radical (unpaired) electrons. The van der Waals surface area contributed by atoms with Crippen LogP contribution in [0.4, 0.5) is 4.79 Å². The van der Waals surface area contributed by atoms with Crippen LogP contribution in [-0.4, -0.2) is 52.3 Å². The highest BCUT2D eigenvalue weighted by molar-refractivity contribution is 6.31. The quantitative estimate of drug-likeness (QED) is 0.617. The number of carbonyl (C=O) groups is 3. The Kier molecular flexibility index (Phi) is 4.70. The van der Waals surface area contributed by atoms with Crippen LogP contribution in [0.3, 0.4) is 0 Å². The molecule has 158 valence electrons. The number of halogens is 1. The zero-order valence-corrected chi connectivity index (χ0v) is 17.6. The minimum atomic E-state index is -0.531. The summed E-state index contributed by atoms with van der Waals surface area (Å²) in [7, 11) is 0. The Balaban J connectivity index is 1.58. The van der Waals surface area contributed by atoms with Gasteiger partial charge in [-0.15, -0.1) is 0 Å². The predicted octanol–water partition coefficient (Wildman–Crippen LogP) is 3.41. The lowest BCUT2D eigenvalue weighted by molar-refractivity contribution is -0.138. The number of para-hydroxylation sites is 1. The van der Waals surface area contributed by atoms with Crippen molar-refractivity contribution in [3.8, 4) is 0 Å². The maximum absolute atomic E-state index is 13.2. The van der Waals surface area contributed by atoms with Gasteiger partial charge in [0.1, 0.15) is 6.54 Å². The van der Waals surface area contributed by atoms with Gasteiger partial charge in [0, 0.05) is 34.1 Å². The number of benzene rings is 2. The first-order valence-electron chi connectivity index (χ1n) is 10.2. The number of fused-ring (bicyclic) bond motifs is 3. The van der Waals surface area contributed by atoms with Gasteiger partial charge in [0.25, 0.3) is 5.91 Å². The van der Waals surface area contributed by atoms with Crippen molar-refractivity contribution >= 4 is 40.3 Å². The molecule has 2 N–H and O–H groups in total. The maximum Gasteiger partial charge on any atom is 0.325 e. The molecular weight excluding hydrogens is 416 g/mol. The molecule has 4 amide bonds. The van der Waals surface area contributed by atoms with E-state index in [4.69, 9.17) is 11.6 Å². The van der Waals surface area contributed by atoms with Crippen molar-refractivity contribution in [3.63, 3.8) is 0 Å². The number of amides is 4. The summed E-state index contributed by atoms with van der Waals surface area (Å²) in [6.45, 7) is 2.01. The Morgan fingerprint density at radius 1 is 1.13 bits per heavy atom. The fourth-order valence-electron chi connectivity index (χ4n) is 4.66. The van der Waals surface area contributed by atoms with Gasteiger partial charge in [-0.3, -0.25) is 14.5 Å². The number of aromatic nitrogens is 1. The summed E-state index contributed by atoms with van der Waals surface area (Å²) >= 11 is 6.56. The first-order chi connectivity index (χ1) is 15.0. The van der Waals surface area contributed by atoms with E-state index in [9.17, 15) is 14.4 Å². The molecule has 2 aromatic carbocycles. The number of rotatable bonds is 3. The molecule has 0 bridgehead atoms. The van der Waals surface area contributed by atoms with Gasteiger partial charge >= 0.3 is 6.03 Å². The SMILES string of the molecule is CC1c2[nH]c3ccccc3c2C(c2ccccc2Cl)CN1C(=O)CN1C(=O)CNC1=O. The van der Waals surface area contributed by atoms with Crippen LogP contribution in [0, 0.1) is 0 Å². The highest BCUT2D eigenvalue weighted by atomic mass is 35.5. The summed E-state index contributed by atoms with van der Waals surface area (Å²) < 4.78 is 0. The van der Waals surface area contributed by atoms with Gasteiger partial charge in [0.05, 0.1) is 12.6 Å². The van der Waals surface area contributed by atoms with Gasteiger partial charge in [-0.2, -0.15) is 0 Å². The standard InChI is InChI=1S/C23H21ClN4O3/c1-13-22-21(15-7-3-5-9-18(15)26-22)16(14-6-2-4-8-17(14)24)11-27(13)20(30)12-28-19(29)10-25-23(28)31/h2-9,13,16,26H,10-12H2,1H3,(H,25,31). The number of carbonyl (C=O) groups excluding carboxylic acids is 3. The number of urea groups is 1. The maximum atomic E-state index is 13.2. The fourth-order valence-corrected chi connectivity index (χ4v) is 4.93. The van der Waals surface area contributed by atoms with E-state index in [2.05, 4.69) is 16.4 Å². The molecule has 8 heteroatoms. The van der Waals surface area contributed by atoms with E-state index in [0.29, 0.717) is 11.6 Å². The van der Waals surface area contributed by atoms with Gasteiger partial charge in [0.15, 0.2) is 0 Å². The van der Waals surface area contributed by atoms with Crippen LogP contribution >= 0.6 is 11.6 Å². The predicted molar refractivity (Wildman–Crippen MR) is 117 cm³/mol. The zero-order valence-electron chi connectivity index (χ0n) is 16.9. The second kappa shape index (κ2) is 7.42. The molecule has 7 nitrogen and oxygen atoms in total. The lowest BCUT2D eigenvalue weighted by Gasteiger charge is -2.39. The summed E-state index contributed by atoms with van der Waals surface area (Å²) in [5, 5.41) is 4.20. The van der Waals surface area contributed by atoms with Crippen molar-refractivity contribution in [2.24, 2.45) is 0 Å². The van der Waals surface area contributed by atoms with Crippen LogP contribution in [0.15, 0.2) is 48.5 Å². The second-order valence-electron chi connectivity index (χ2n) is 7.93. The summed E-state index contributed by atoms with van der Waals surface area (Å²) in [4.78, 5) is 43.3. The monoisotopic (exact) mass is 436 g/mol. The van der Waals surface area contributed by atoms with E-state index in [-0.39, 0.29) is 31.0 Å². The first kappa shape index (κ1) is 19.6. The molecule has 31 heavy (non-hydrogen) atoms. The van der Waals surface area contributed by atoms with Gasteiger partial charge in [-0.1, -0.05) is 48.0 Å². The van der Waals surface area contributed by atoms with E-state index >= 15 is 0 Å². The van der Waals surface area contributed by atoms with Crippen molar-refractivity contribution in [1.82, 2.24) is 20.1 Å². The Bertz CT molecular complexity index is 1200. The molecule has 0 saturated carbocycles. The van der Waals surface area contributed by atoms with E-state index in [1.807, 2.05) is 49.4 Å². The number of hydrogen-bond donors (Lipinski definition) is 2. The average Bonchev–Trinajstić information content (AvgIpc) is 3.31. The van der Waals surface area contributed by atoms with Crippen LogP contribution in [0.1, 0.15) is 35.7 Å². The fraction of sp³-hybridized carbons (Fsp3) is 0.261. The topological polar surface area (TPSA) is 85.5 Å². The van der Waals surface area contributed by atoms with E-state index in [0.717, 1.165) is 32.6 Å². The largest absolute Gasteiger partial charge is 0.356 e. The average molecular weight is 437 g/mol. The Labute approximate surface area is 184 Å². The van der Waals surface area contributed by atoms with Crippen LogP contribution < -0.4 is 5.32 Å². The third-order valence-corrected chi connectivity index (χ3v) is 6.57. The Hall–Kier alpha value is -3.32. The number of nitrogens with one attached hydrogen (secondary N) is 2. The third kappa shape index (κ3) is 3.16. The van der Waals surface area contributed by atoms with Crippen molar-refractivity contribution in [2.75, 3.05) is 19.6 Å². The van der Waals surface area contributed by atoms with Crippen molar-refractivity contribution in [3.05, 3.63) is 70.4 Å². The van der Waals surface area contributed by atoms with E-state index < -0.39 is 11.9 Å². The van der Waals surface area contributed by atoms with Crippen LogP contribution in [0.25, 0.3) is 10.9 Å². The number of imide groups is 1. The molecule has 0 spiro atoms. The summed E-state index contributed by atoms with van der Waals surface area (Å²) in [5.74, 6) is -0.806. The van der Waals surface area contributed by atoms with Gasteiger partial charge in [0.2, 0.25) is 5.91 Å². The summed E-state index contributed by atoms with van der Waals surface area (Å²) in [5.41, 5.74) is 4.02. The van der Waals surface area contributed by atoms with Crippen LogP contribution in [0.5, 0.6) is 0 Å². The molecule has 3 aromatic rings. The molecule has 2 aliphatic rings. The number of nitrogens with zero attached hydrogens (tertiary/aromatic N) is 2. The highest BCUT2D eigenvalue weighted by Gasteiger charge is 2.39. The normalized spacial score (nSPS) is 20.8. The van der Waals surface area contributed by atoms with Crippen LogP contribution in [-0.2, 0) is 9.59 Å². The zero-order chi connectivity index (χ0) is 21.7. The van der Waals surface area contributed by atoms with E-state index in [1.165, 1.54) is 0 Å². The van der Waals surface area contributed by atoms with Crippen LogP contribution in [0.2, 0.25) is 5.02 Å². The minimum Gasteiger partial charge on any atom is -0.356 e. The van der Waals surface area contributed by atoms with Gasteiger partial charge in [-0.05, 0) is 30.2 Å². The van der Waals surface area contributed by atoms with Gasteiger partial charge < -0.3 is 15.2 Å². The van der Waals surface area contributed by atoms with Gasteiger partial charge in [-0.25, -0.2) is 4.79 Å². The molecule has 1 saturated heterocycles. The molecule has 0 aliphatic carbocycles. The molecule has 1 fully saturated rings. The summed E-state index contributed by atoms with van der Waals surface area (Å²) in [6, 6.07) is 14.9. The molecule has 1 aromatic heterocycles. The third-order valence-electron chi connectivity index (χ3n) is 6.22. The highest BCUT2D eigenvalue weighted by Crippen LogP contribution is 2.44. The smallest absolute Gasteiger partial charge is 0.325 e. The molecular formula is C23H21ClN4O3. The molecule has 2 aliphatic heterocycles. The molecule has 2 unspecified atom stereocenters. The second-order valence-corrected chi connectivity index (χ2v) is 8.34. The first-order valence-corrected chi connectivity index (χ1v) is 10.6. The number of H-pyrrole nitrogens is 1. The lowest BCUT2D eigenvalue weighted by atomic mass is 9.83. The molecule has 3 heterocycles. The number of hydrogen-bond acceptors (Lipinski definition) is 3. The molecule has 2 atom stereocenters. The molecule has 5 rings (SSSR count). The minimum absolute atomic E-state index is 0.0733.